The van der Waals surface area contributed by atoms with Crippen LogP contribution in [0.3, 0.4) is 0 Å². The molecule has 0 saturated carbocycles. The van der Waals surface area contributed by atoms with Gasteiger partial charge in [0.1, 0.15) is 6.04 Å². The predicted octanol–water partition coefficient (Wildman–Crippen LogP) is 4.11. The van der Waals surface area contributed by atoms with Gasteiger partial charge < -0.3 is 15.5 Å². The van der Waals surface area contributed by atoms with Crippen LogP contribution in [0.1, 0.15) is 37.0 Å². The average Bonchev–Trinajstić information content (AvgIpc) is 3.08. The van der Waals surface area contributed by atoms with Gasteiger partial charge in [-0.15, -0.1) is 0 Å². The van der Waals surface area contributed by atoms with Gasteiger partial charge in [0.15, 0.2) is 5.78 Å². The van der Waals surface area contributed by atoms with Crippen LogP contribution in [-0.4, -0.2) is 30.2 Å². The first-order valence-electron chi connectivity index (χ1n) is 9.13. The molecule has 1 aliphatic rings. The third kappa shape index (κ3) is 4.51. The number of hydrogen-bond acceptors (Lipinski definition) is 4. The van der Waals surface area contributed by atoms with Crippen molar-refractivity contribution in [3.05, 3.63) is 53.1 Å². The third-order valence-electron chi connectivity index (χ3n) is 4.65. The quantitative estimate of drug-likeness (QED) is 0.716. The molecule has 146 valence electrons. The molecule has 1 saturated heterocycles. The highest BCUT2D eigenvalue weighted by molar-refractivity contribution is 6.34. The van der Waals surface area contributed by atoms with E-state index in [-0.39, 0.29) is 17.6 Å². The lowest BCUT2D eigenvalue weighted by molar-refractivity contribution is -0.117. The molecule has 0 bridgehead atoms. The molecule has 2 amide bonds. The van der Waals surface area contributed by atoms with Gasteiger partial charge in [-0.05, 0) is 62.7 Å². The van der Waals surface area contributed by atoms with Crippen molar-refractivity contribution in [2.45, 2.75) is 32.7 Å². The van der Waals surface area contributed by atoms with Gasteiger partial charge in [0, 0.05) is 29.9 Å². The average molecular weight is 400 g/mol. The monoisotopic (exact) mass is 399 g/mol. The van der Waals surface area contributed by atoms with Gasteiger partial charge in [-0.3, -0.25) is 14.4 Å². The molecular weight excluding hydrogens is 378 g/mol. The molecule has 7 heteroatoms. The number of anilines is 3. The highest BCUT2D eigenvalue weighted by Gasteiger charge is 2.24. The van der Waals surface area contributed by atoms with Gasteiger partial charge in [0.25, 0.3) is 0 Å². The van der Waals surface area contributed by atoms with Crippen molar-refractivity contribution in [3.8, 4) is 0 Å². The summed E-state index contributed by atoms with van der Waals surface area (Å²) in [5, 5.41) is 6.38. The zero-order valence-electron chi connectivity index (χ0n) is 15.8. The highest BCUT2D eigenvalue weighted by atomic mass is 35.5. The standard InChI is InChI=1S/C21H22ClN3O3/c1-13(21(28)24-16-7-5-15(6-8-16)14(2)26)23-17-9-10-19(18(22)12-17)25-11-3-4-20(25)27/h5-10,12-13,23H,3-4,11H2,1-2H3,(H,24,28)/t13-/m1/s1. The van der Waals surface area contributed by atoms with E-state index in [1.807, 2.05) is 0 Å². The minimum Gasteiger partial charge on any atom is -0.374 e. The minimum atomic E-state index is -0.511. The summed E-state index contributed by atoms with van der Waals surface area (Å²) >= 11 is 6.35. The number of carbonyl (C=O) groups excluding carboxylic acids is 3. The predicted molar refractivity (Wildman–Crippen MR) is 111 cm³/mol. The first kappa shape index (κ1) is 19.9. The number of ketones is 1. The molecule has 1 fully saturated rings. The second-order valence-corrected chi connectivity index (χ2v) is 7.21. The third-order valence-corrected chi connectivity index (χ3v) is 4.95. The Hall–Kier alpha value is -2.86. The lowest BCUT2D eigenvalue weighted by Crippen LogP contribution is -2.32. The highest BCUT2D eigenvalue weighted by Crippen LogP contribution is 2.31. The number of carbonyl (C=O) groups is 3. The Morgan fingerprint density at radius 2 is 1.79 bits per heavy atom. The van der Waals surface area contributed by atoms with E-state index < -0.39 is 6.04 Å². The molecule has 2 N–H and O–H groups in total. The first-order valence-corrected chi connectivity index (χ1v) is 9.51. The van der Waals surface area contributed by atoms with Crippen LogP contribution in [-0.2, 0) is 9.59 Å². The molecule has 0 spiro atoms. The van der Waals surface area contributed by atoms with Crippen molar-refractivity contribution in [2.75, 3.05) is 22.1 Å². The van der Waals surface area contributed by atoms with Crippen LogP contribution in [0.15, 0.2) is 42.5 Å². The molecule has 0 aromatic heterocycles. The van der Waals surface area contributed by atoms with E-state index in [0.29, 0.717) is 40.6 Å². The van der Waals surface area contributed by atoms with Gasteiger partial charge in [0.05, 0.1) is 10.7 Å². The minimum absolute atomic E-state index is 0.0242. The topological polar surface area (TPSA) is 78.5 Å². The molecule has 0 aliphatic carbocycles. The summed E-state index contributed by atoms with van der Waals surface area (Å²) in [6, 6.07) is 11.5. The normalized spacial score (nSPS) is 14.7. The van der Waals surface area contributed by atoms with Crippen LogP contribution in [0.4, 0.5) is 17.1 Å². The number of amides is 2. The van der Waals surface area contributed by atoms with Gasteiger partial charge in [-0.1, -0.05) is 11.6 Å². The van der Waals surface area contributed by atoms with Crippen LogP contribution >= 0.6 is 11.6 Å². The van der Waals surface area contributed by atoms with Crippen LogP contribution in [0.25, 0.3) is 0 Å². The van der Waals surface area contributed by atoms with E-state index >= 15 is 0 Å². The summed E-state index contributed by atoms with van der Waals surface area (Å²) in [6.07, 6.45) is 1.38. The zero-order chi connectivity index (χ0) is 20.3. The molecular formula is C21H22ClN3O3. The van der Waals surface area contributed by atoms with E-state index in [2.05, 4.69) is 10.6 Å². The fourth-order valence-electron chi connectivity index (χ4n) is 3.07. The summed E-state index contributed by atoms with van der Waals surface area (Å²) < 4.78 is 0. The maximum Gasteiger partial charge on any atom is 0.246 e. The van der Waals surface area contributed by atoms with E-state index in [0.717, 1.165) is 6.42 Å². The van der Waals surface area contributed by atoms with Gasteiger partial charge in [-0.2, -0.15) is 0 Å². The number of benzene rings is 2. The number of nitrogens with one attached hydrogen (secondary N) is 2. The van der Waals surface area contributed by atoms with Gasteiger partial charge >= 0.3 is 0 Å². The molecule has 28 heavy (non-hydrogen) atoms. The van der Waals surface area contributed by atoms with Crippen molar-refractivity contribution >= 4 is 46.3 Å². The Bertz CT molecular complexity index is 912. The maximum absolute atomic E-state index is 12.4. The number of hydrogen-bond donors (Lipinski definition) is 2. The lowest BCUT2D eigenvalue weighted by atomic mass is 10.1. The van der Waals surface area contributed by atoms with Crippen LogP contribution in [0, 0.1) is 0 Å². The Labute approximate surface area is 168 Å². The number of Topliss-reactive ketones (excluding diaryl/α,β-unsaturated/α-hetero) is 1. The van der Waals surface area contributed by atoms with E-state index in [1.54, 1.807) is 54.3 Å². The number of rotatable bonds is 6. The molecule has 0 radical (unpaired) electrons. The van der Waals surface area contributed by atoms with Crippen molar-refractivity contribution in [2.24, 2.45) is 0 Å². The number of halogens is 1. The summed E-state index contributed by atoms with van der Waals surface area (Å²) in [5.41, 5.74) is 2.59. The second-order valence-electron chi connectivity index (χ2n) is 6.80. The van der Waals surface area contributed by atoms with Crippen LogP contribution in [0.5, 0.6) is 0 Å². The molecule has 3 rings (SSSR count). The first-order chi connectivity index (χ1) is 13.3. The molecule has 1 heterocycles. The molecule has 1 atom stereocenters. The van der Waals surface area contributed by atoms with Crippen LogP contribution in [0.2, 0.25) is 5.02 Å². The molecule has 2 aromatic rings. The van der Waals surface area contributed by atoms with Gasteiger partial charge in [-0.25, -0.2) is 0 Å². The van der Waals surface area contributed by atoms with E-state index in [9.17, 15) is 14.4 Å². The molecule has 1 aliphatic heterocycles. The second kappa shape index (κ2) is 8.44. The smallest absolute Gasteiger partial charge is 0.246 e. The molecule has 0 unspecified atom stereocenters. The van der Waals surface area contributed by atoms with Crippen molar-refractivity contribution in [3.63, 3.8) is 0 Å². The number of nitrogens with zero attached hydrogens (tertiary/aromatic N) is 1. The van der Waals surface area contributed by atoms with Crippen molar-refractivity contribution in [1.29, 1.82) is 0 Å². The lowest BCUT2D eigenvalue weighted by Gasteiger charge is -2.20. The van der Waals surface area contributed by atoms with Crippen molar-refractivity contribution < 1.29 is 14.4 Å². The maximum atomic E-state index is 12.4. The van der Waals surface area contributed by atoms with Crippen molar-refractivity contribution in [1.82, 2.24) is 0 Å². The summed E-state index contributed by atoms with van der Waals surface area (Å²) in [7, 11) is 0. The van der Waals surface area contributed by atoms with E-state index in [4.69, 9.17) is 11.6 Å². The van der Waals surface area contributed by atoms with E-state index in [1.165, 1.54) is 6.92 Å². The Kier molecular flexibility index (Phi) is 5.99. The summed E-state index contributed by atoms with van der Waals surface area (Å²) in [5.74, 6) is -0.166. The zero-order valence-corrected chi connectivity index (χ0v) is 16.5. The largest absolute Gasteiger partial charge is 0.374 e. The Morgan fingerprint density at radius 1 is 1.11 bits per heavy atom. The molecule has 2 aromatic carbocycles. The fraction of sp³-hybridized carbons (Fsp3) is 0.286. The Balaban J connectivity index is 1.62. The Morgan fingerprint density at radius 3 is 2.36 bits per heavy atom. The molecule has 6 nitrogen and oxygen atoms in total. The van der Waals surface area contributed by atoms with Gasteiger partial charge in [0.2, 0.25) is 11.8 Å². The SMILES string of the molecule is CC(=O)c1ccc(NC(=O)[C@@H](C)Nc2ccc(N3CCCC3=O)c(Cl)c2)cc1. The summed E-state index contributed by atoms with van der Waals surface area (Å²) in [6.45, 7) is 3.91. The van der Waals surface area contributed by atoms with Crippen LogP contribution < -0.4 is 15.5 Å². The fourth-order valence-corrected chi connectivity index (χ4v) is 3.36. The summed E-state index contributed by atoms with van der Waals surface area (Å²) in [4.78, 5) is 37.3.